The first-order valence-electron chi connectivity index (χ1n) is 5.21. The fourth-order valence-electron chi connectivity index (χ4n) is 1.68. The van der Waals surface area contributed by atoms with Crippen LogP contribution in [0, 0.1) is 11.5 Å². The minimum absolute atomic E-state index is 0.173. The molecule has 18 heavy (non-hydrogen) atoms. The third-order valence-corrected chi connectivity index (χ3v) is 2.47. The van der Waals surface area contributed by atoms with E-state index in [1.807, 2.05) is 18.2 Å². The molecule has 0 saturated heterocycles. The molecule has 0 aliphatic heterocycles. The van der Waals surface area contributed by atoms with Crippen LogP contribution in [0.1, 0.15) is 10.4 Å². The lowest BCUT2D eigenvalue weighted by Gasteiger charge is -2.07. The number of hydrogen-bond acceptors (Lipinski definition) is 3. The highest BCUT2D eigenvalue weighted by molar-refractivity contribution is 5.96. The maximum absolute atomic E-state index is 11.2. The van der Waals surface area contributed by atoms with E-state index in [2.05, 4.69) is 0 Å². The van der Waals surface area contributed by atoms with Gasteiger partial charge < -0.3 is 9.84 Å². The largest absolute Gasteiger partial charge is 0.478 e. The van der Waals surface area contributed by atoms with Crippen molar-refractivity contribution >= 4 is 5.97 Å². The molecule has 0 bridgehead atoms. The molecule has 0 aliphatic carbocycles. The Labute approximate surface area is 104 Å². The number of benzene rings is 2. The normalized spacial score (nSPS) is 9.50. The van der Waals surface area contributed by atoms with Crippen LogP contribution in [0.2, 0.25) is 0 Å². The summed E-state index contributed by atoms with van der Waals surface area (Å²) in [5.41, 5.74) is 1.46. The number of carboxylic acid groups (broad SMARTS) is 1. The minimum atomic E-state index is -1.02. The van der Waals surface area contributed by atoms with E-state index < -0.39 is 5.97 Å². The van der Waals surface area contributed by atoms with Crippen LogP contribution in [-0.4, -0.2) is 11.1 Å². The van der Waals surface area contributed by atoms with Crippen molar-refractivity contribution in [1.29, 1.82) is 5.26 Å². The summed E-state index contributed by atoms with van der Waals surface area (Å²) in [6.07, 6.45) is 1.56. The van der Waals surface area contributed by atoms with Gasteiger partial charge in [-0.3, -0.25) is 0 Å². The van der Waals surface area contributed by atoms with Gasteiger partial charge in [-0.1, -0.05) is 30.3 Å². The fourth-order valence-corrected chi connectivity index (χ4v) is 1.68. The van der Waals surface area contributed by atoms with E-state index in [1.54, 1.807) is 24.5 Å². The van der Waals surface area contributed by atoms with E-state index in [-0.39, 0.29) is 5.56 Å². The number of aromatic carboxylic acids is 1. The summed E-state index contributed by atoms with van der Waals surface area (Å²) in [7, 11) is 0. The van der Waals surface area contributed by atoms with Gasteiger partial charge >= 0.3 is 5.97 Å². The quantitative estimate of drug-likeness (QED) is 0.836. The van der Waals surface area contributed by atoms with E-state index in [9.17, 15) is 4.79 Å². The summed E-state index contributed by atoms with van der Waals surface area (Å²) in [5, 5.41) is 17.6. The Morgan fingerprint density at radius 2 is 1.89 bits per heavy atom. The van der Waals surface area contributed by atoms with Crippen molar-refractivity contribution in [2.45, 2.75) is 0 Å². The Balaban J connectivity index is 2.58. The molecule has 4 nitrogen and oxygen atoms in total. The maximum atomic E-state index is 11.2. The average molecular weight is 239 g/mol. The monoisotopic (exact) mass is 239 g/mol. The molecule has 0 saturated carbocycles. The molecule has 88 valence electrons. The second-order valence-corrected chi connectivity index (χ2v) is 3.57. The molecular formula is C14H9NO3. The molecule has 0 atom stereocenters. The molecule has 0 unspecified atom stereocenters. The number of carboxylic acids is 1. The molecule has 0 heterocycles. The van der Waals surface area contributed by atoms with Gasteiger partial charge in [0.15, 0.2) is 0 Å². The van der Waals surface area contributed by atoms with E-state index in [0.29, 0.717) is 11.3 Å². The molecule has 2 aromatic rings. The van der Waals surface area contributed by atoms with Crippen LogP contribution >= 0.6 is 0 Å². The van der Waals surface area contributed by atoms with Crippen molar-refractivity contribution in [3.63, 3.8) is 0 Å². The molecule has 2 aromatic carbocycles. The lowest BCUT2D eigenvalue weighted by molar-refractivity contribution is 0.0697. The average Bonchev–Trinajstić information content (AvgIpc) is 2.40. The highest BCUT2D eigenvalue weighted by atomic mass is 16.5. The Hall–Kier alpha value is -2.80. The molecule has 4 heteroatoms. The van der Waals surface area contributed by atoms with Crippen molar-refractivity contribution in [2.24, 2.45) is 0 Å². The lowest BCUT2D eigenvalue weighted by atomic mass is 9.99. The van der Waals surface area contributed by atoms with Gasteiger partial charge in [0, 0.05) is 0 Å². The topological polar surface area (TPSA) is 70.3 Å². The Bertz CT molecular complexity index is 615. The van der Waals surface area contributed by atoms with Gasteiger partial charge in [0.05, 0.1) is 5.56 Å². The summed E-state index contributed by atoms with van der Waals surface area (Å²) >= 11 is 0. The summed E-state index contributed by atoms with van der Waals surface area (Å²) in [6.45, 7) is 0. The molecule has 0 aromatic heterocycles. The van der Waals surface area contributed by atoms with Crippen LogP contribution in [0.4, 0.5) is 0 Å². The van der Waals surface area contributed by atoms with Crippen LogP contribution in [0.5, 0.6) is 5.75 Å². The van der Waals surface area contributed by atoms with Gasteiger partial charge in [0.25, 0.3) is 6.26 Å². The Kier molecular flexibility index (Phi) is 3.26. The minimum Gasteiger partial charge on any atom is -0.478 e. The van der Waals surface area contributed by atoms with Gasteiger partial charge in [-0.2, -0.15) is 0 Å². The van der Waals surface area contributed by atoms with Gasteiger partial charge in [-0.05, 0) is 29.3 Å². The number of hydrogen-bond donors (Lipinski definition) is 1. The zero-order chi connectivity index (χ0) is 13.0. The number of ether oxygens (including phenoxy) is 1. The third-order valence-electron chi connectivity index (χ3n) is 2.47. The predicted octanol–water partition coefficient (Wildman–Crippen LogP) is 2.91. The molecule has 0 spiro atoms. The predicted molar refractivity (Wildman–Crippen MR) is 65.1 cm³/mol. The maximum Gasteiger partial charge on any atom is 0.336 e. The van der Waals surface area contributed by atoms with E-state index in [4.69, 9.17) is 15.1 Å². The first kappa shape index (κ1) is 11.7. The van der Waals surface area contributed by atoms with E-state index in [0.717, 1.165) is 5.56 Å². The summed E-state index contributed by atoms with van der Waals surface area (Å²) in [4.78, 5) is 11.2. The molecule has 0 amide bonds. The summed E-state index contributed by atoms with van der Waals surface area (Å²) in [6, 6.07) is 13.5. The standard InChI is InChI=1S/C14H9NO3/c15-9-18-11-6-7-12(14(16)17)13(8-11)10-4-2-1-3-5-10/h1-8H,(H,16,17). The number of nitriles is 1. The molecule has 2 rings (SSSR count). The van der Waals surface area contributed by atoms with Crippen LogP contribution in [0.15, 0.2) is 48.5 Å². The molecule has 1 N–H and O–H groups in total. The van der Waals surface area contributed by atoms with Crippen LogP contribution in [0.3, 0.4) is 0 Å². The SMILES string of the molecule is N#COc1ccc(C(=O)O)c(-c2ccccc2)c1. The Morgan fingerprint density at radius 1 is 1.17 bits per heavy atom. The molecule has 0 radical (unpaired) electrons. The van der Waals surface area contributed by atoms with Crippen LogP contribution in [0.25, 0.3) is 11.1 Å². The van der Waals surface area contributed by atoms with Crippen molar-refractivity contribution in [2.75, 3.05) is 0 Å². The van der Waals surface area contributed by atoms with Crippen molar-refractivity contribution in [1.82, 2.24) is 0 Å². The number of nitrogens with zero attached hydrogens (tertiary/aromatic N) is 1. The first-order valence-corrected chi connectivity index (χ1v) is 5.21. The van der Waals surface area contributed by atoms with Crippen molar-refractivity contribution in [3.8, 4) is 23.1 Å². The lowest BCUT2D eigenvalue weighted by Crippen LogP contribution is -1.99. The molecule has 0 fully saturated rings. The van der Waals surface area contributed by atoms with E-state index >= 15 is 0 Å². The zero-order valence-electron chi connectivity index (χ0n) is 9.33. The van der Waals surface area contributed by atoms with Gasteiger partial charge in [0.2, 0.25) is 0 Å². The smallest absolute Gasteiger partial charge is 0.336 e. The third kappa shape index (κ3) is 2.30. The molecular weight excluding hydrogens is 230 g/mol. The van der Waals surface area contributed by atoms with Gasteiger partial charge in [-0.25, -0.2) is 4.79 Å². The highest BCUT2D eigenvalue weighted by Gasteiger charge is 2.12. The number of rotatable bonds is 3. The number of carbonyl (C=O) groups is 1. The van der Waals surface area contributed by atoms with Gasteiger partial charge in [-0.15, -0.1) is 5.26 Å². The summed E-state index contributed by atoms with van der Waals surface area (Å²) in [5.74, 6) is -0.696. The highest BCUT2D eigenvalue weighted by Crippen LogP contribution is 2.28. The molecule has 0 aliphatic rings. The second-order valence-electron chi connectivity index (χ2n) is 3.57. The van der Waals surface area contributed by atoms with Crippen LogP contribution in [-0.2, 0) is 0 Å². The van der Waals surface area contributed by atoms with Crippen molar-refractivity contribution in [3.05, 3.63) is 54.1 Å². The van der Waals surface area contributed by atoms with Crippen LogP contribution < -0.4 is 4.74 Å². The van der Waals surface area contributed by atoms with Crippen molar-refractivity contribution < 1.29 is 14.6 Å². The van der Waals surface area contributed by atoms with Gasteiger partial charge in [0.1, 0.15) is 5.75 Å². The fraction of sp³-hybridized carbons (Fsp3) is 0. The summed E-state index contributed by atoms with van der Waals surface area (Å²) < 4.78 is 4.72. The second kappa shape index (κ2) is 5.02. The van der Waals surface area contributed by atoms with E-state index in [1.165, 1.54) is 12.1 Å². The first-order chi connectivity index (χ1) is 8.72. The zero-order valence-corrected chi connectivity index (χ0v) is 9.33. The Morgan fingerprint density at radius 3 is 2.50 bits per heavy atom.